The van der Waals surface area contributed by atoms with Crippen molar-refractivity contribution in [2.45, 2.75) is 64.3 Å². The van der Waals surface area contributed by atoms with Crippen LogP contribution in [0.3, 0.4) is 0 Å². The summed E-state index contributed by atoms with van der Waals surface area (Å²) in [5, 5.41) is 13.7. The van der Waals surface area contributed by atoms with Crippen molar-refractivity contribution < 1.29 is 14.7 Å². The molecule has 6 nitrogen and oxygen atoms in total. The first-order chi connectivity index (χ1) is 12.1. The zero-order valence-electron chi connectivity index (χ0n) is 14.8. The number of nitrogens with one attached hydrogen (secondary N) is 2. The van der Waals surface area contributed by atoms with Crippen LogP contribution < -0.4 is 10.7 Å². The van der Waals surface area contributed by atoms with Gasteiger partial charge in [0, 0.05) is 36.2 Å². The van der Waals surface area contributed by atoms with Crippen molar-refractivity contribution >= 4 is 35.8 Å². The molecule has 0 aromatic heterocycles. The summed E-state index contributed by atoms with van der Waals surface area (Å²) < 4.78 is 1.87. The molecule has 0 saturated heterocycles. The van der Waals surface area contributed by atoms with Gasteiger partial charge in [0.25, 0.3) is 0 Å². The molecule has 1 aliphatic rings. The number of carboxylic acids is 1. The second-order valence-corrected chi connectivity index (χ2v) is 7.85. The zero-order valence-corrected chi connectivity index (χ0v) is 16.4. The first kappa shape index (κ1) is 21.9. The van der Waals surface area contributed by atoms with E-state index in [1.807, 2.05) is 21.5 Å². The fraction of sp³-hybridized carbons (Fsp3) is 0.647. The van der Waals surface area contributed by atoms with E-state index in [0.717, 1.165) is 6.42 Å². The lowest BCUT2D eigenvalue weighted by molar-refractivity contribution is -0.137. The van der Waals surface area contributed by atoms with Crippen molar-refractivity contribution in [1.29, 1.82) is 0 Å². The molecule has 25 heavy (non-hydrogen) atoms. The van der Waals surface area contributed by atoms with Crippen LogP contribution in [0.2, 0.25) is 0 Å². The highest BCUT2D eigenvalue weighted by Crippen LogP contribution is 2.24. The predicted octanol–water partition coefficient (Wildman–Crippen LogP) is 3.84. The topological polar surface area (TPSA) is 81.7 Å². The van der Waals surface area contributed by atoms with Crippen molar-refractivity contribution in [2.24, 2.45) is 0 Å². The van der Waals surface area contributed by atoms with E-state index in [1.165, 1.54) is 49.6 Å². The average Bonchev–Trinajstić information content (AvgIpc) is 3.10. The lowest BCUT2D eigenvalue weighted by atomic mass is 10.1. The number of carbonyl (C=O) groups is 2. The average molecular weight is 388 g/mol. The molecule has 0 radical (unpaired) electrons. The number of allylic oxidation sites excluding steroid dienone is 1. The van der Waals surface area contributed by atoms with E-state index in [2.05, 4.69) is 23.7 Å². The Labute approximate surface area is 159 Å². The Morgan fingerprint density at radius 2 is 2.20 bits per heavy atom. The Morgan fingerprint density at radius 3 is 2.88 bits per heavy atom. The van der Waals surface area contributed by atoms with Gasteiger partial charge in [0.1, 0.15) is 0 Å². The van der Waals surface area contributed by atoms with Crippen LogP contribution in [-0.4, -0.2) is 32.6 Å². The molecule has 0 bridgehead atoms. The van der Waals surface area contributed by atoms with Crippen molar-refractivity contribution in [3.8, 4) is 0 Å². The molecule has 3 N–H and O–H groups in total. The Morgan fingerprint density at radius 1 is 1.36 bits per heavy atom. The van der Waals surface area contributed by atoms with E-state index in [9.17, 15) is 9.59 Å². The monoisotopic (exact) mass is 387 g/mol. The van der Waals surface area contributed by atoms with E-state index >= 15 is 0 Å². The van der Waals surface area contributed by atoms with Gasteiger partial charge in [-0.1, -0.05) is 38.3 Å². The summed E-state index contributed by atoms with van der Waals surface area (Å²) in [6.07, 6.45) is 12.5. The number of hydrazine groups is 1. The van der Waals surface area contributed by atoms with Crippen LogP contribution in [-0.2, 0) is 9.59 Å². The number of hydrogen-bond acceptors (Lipinski definition) is 6. The second kappa shape index (κ2) is 14.1. The van der Waals surface area contributed by atoms with Crippen molar-refractivity contribution in [1.82, 2.24) is 14.6 Å². The summed E-state index contributed by atoms with van der Waals surface area (Å²) in [5.41, 5.74) is 3.03. The standard InChI is InChI=1S/C17H29N3O3S2/c1-2-3-4-5-6-7-8-9-16(21)19-15(10-11-17(22)23)14-25-20-18-12-13-24-20/h7-8,12-13,15,18H,2-6,9-11,14H2,1H3,(H,19,21)(H,22,23)/b8-7+/t15-/m0/s1. The van der Waals surface area contributed by atoms with Crippen molar-refractivity contribution in [3.63, 3.8) is 0 Å². The summed E-state index contributed by atoms with van der Waals surface area (Å²) in [4.78, 5) is 22.9. The van der Waals surface area contributed by atoms with Crippen LogP contribution in [0.1, 0.15) is 58.3 Å². The molecule has 1 heterocycles. The fourth-order valence-electron chi connectivity index (χ4n) is 2.21. The van der Waals surface area contributed by atoms with Crippen LogP contribution in [0.5, 0.6) is 0 Å². The maximum atomic E-state index is 12.1. The maximum absolute atomic E-state index is 12.1. The molecule has 1 rings (SSSR count). The summed E-state index contributed by atoms with van der Waals surface area (Å²) in [6, 6.07) is -0.158. The molecule has 0 saturated carbocycles. The number of amides is 1. The van der Waals surface area contributed by atoms with Gasteiger partial charge in [0.2, 0.25) is 5.91 Å². The summed E-state index contributed by atoms with van der Waals surface area (Å²) in [7, 11) is 0. The van der Waals surface area contributed by atoms with Crippen LogP contribution in [0.15, 0.2) is 23.8 Å². The fourth-order valence-corrected chi connectivity index (χ4v) is 3.84. The molecule has 0 fully saturated rings. The van der Waals surface area contributed by atoms with Gasteiger partial charge in [0.15, 0.2) is 0 Å². The van der Waals surface area contributed by atoms with Crippen molar-refractivity contribution in [3.05, 3.63) is 23.8 Å². The highest BCUT2D eigenvalue weighted by atomic mass is 32.2. The highest BCUT2D eigenvalue weighted by Gasteiger charge is 2.16. The minimum atomic E-state index is -0.841. The molecule has 0 unspecified atom stereocenters. The number of rotatable bonds is 14. The maximum Gasteiger partial charge on any atom is 0.303 e. The normalized spacial score (nSPS) is 15.4. The van der Waals surface area contributed by atoms with Gasteiger partial charge in [0.05, 0.1) is 0 Å². The lowest BCUT2D eigenvalue weighted by Gasteiger charge is -2.20. The van der Waals surface area contributed by atoms with Gasteiger partial charge in [-0.2, -0.15) is 0 Å². The molecule has 8 heteroatoms. The minimum absolute atomic E-state index is 0.0532. The number of aliphatic carboxylic acids is 1. The van der Waals surface area contributed by atoms with Gasteiger partial charge in [-0.15, -0.1) is 3.82 Å². The Bertz CT molecular complexity index is 450. The number of hydrogen-bond donors (Lipinski definition) is 3. The SMILES string of the molecule is CCCCCC/C=C/CC(=O)N[C@@H](CCC(=O)O)CSN1NC=CS1. The highest BCUT2D eigenvalue weighted by molar-refractivity contribution is 8.13. The van der Waals surface area contributed by atoms with E-state index in [1.54, 1.807) is 0 Å². The van der Waals surface area contributed by atoms with E-state index in [-0.39, 0.29) is 18.4 Å². The number of unbranched alkanes of at least 4 members (excludes halogenated alkanes) is 4. The smallest absolute Gasteiger partial charge is 0.303 e. The van der Waals surface area contributed by atoms with Crippen LogP contribution in [0.25, 0.3) is 0 Å². The molecule has 1 aliphatic heterocycles. The molecule has 0 spiro atoms. The number of nitrogens with zero attached hydrogens (tertiary/aromatic N) is 1. The third-order valence-electron chi connectivity index (χ3n) is 3.56. The van der Waals surface area contributed by atoms with Crippen LogP contribution >= 0.6 is 23.9 Å². The number of carboxylic acid groups (broad SMARTS) is 1. The molecule has 1 atom stereocenters. The van der Waals surface area contributed by atoms with Crippen LogP contribution in [0.4, 0.5) is 0 Å². The Hall–Kier alpha value is -1.12. The Balaban J connectivity index is 2.26. The summed E-state index contributed by atoms with van der Waals surface area (Å²) >= 11 is 3.04. The lowest BCUT2D eigenvalue weighted by Crippen LogP contribution is -2.37. The predicted molar refractivity (Wildman–Crippen MR) is 105 cm³/mol. The van der Waals surface area contributed by atoms with Gasteiger partial charge in [-0.05, 0) is 43.2 Å². The van der Waals surface area contributed by atoms with Gasteiger partial charge in [-0.25, -0.2) is 0 Å². The first-order valence-electron chi connectivity index (χ1n) is 8.79. The van der Waals surface area contributed by atoms with Crippen LogP contribution in [0, 0.1) is 0 Å². The van der Waals surface area contributed by atoms with Gasteiger partial charge >= 0.3 is 5.97 Å². The Kier molecular flexibility index (Phi) is 12.4. The molecule has 1 amide bonds. The third kappa shape index (κ3) is 12.0. The third-order valence-corrected chi connectivity index (χ3v) is 5.58. The molecular formula is C17H29N3O3S2. The molecule has 0 aromatic carbocycles. The van der Waals surface area contributed by atoms with E-state index in [4.69, 9.17) is 5.11 Å². The van der Waals surface area contributed by atoms with E-state index in [0.29, 0.717) is 18.6 Å². The van der Waals surface area contributed by atoms with Gasteiger partial charge in [-0.3, -0.25) is 9.59 Å². The zero-order chi connectivity index (χ0) is 18.3. The molecule has 0 aromatic rings. The summed E-state index contributed by atoms with van der Waals surface area (Å²) in [5.74, 6) is -0.269. The first-order valence-corrected chi connectivity index (χ1v) is 10.6. The summed E-state index contributed by atoms with van der Waals surface area (Å²) in [6.45, 7) is 2.19. The molecule has 142 valence electrons. The van der Waals surface area contributed by atoms with Gasteiger partial charge < -0.3 is 15.8 Å². The largest absolute Gasteiger partial charge is 0.481 e. The molecule has 0 aliphatic carbocycles. The molecular weight excluding hydrogens is 358 g/mol. The number of carbonyl (C=O) groups excluding carboxylic acids is 1. The van der Waals surface area contributed by atoms with Crippen molar-refractivity contribution in [2.75, 3.05) is 5.75 Å². The minimum Gasteiger partial charge on any atom is -0.481 e. The quantitative estimate of drug-likeness (QED) is 0.237. The van der Waals surface area contributed by atoms with E-state index < -0.39 is 5.97 Å². The second-order valence-electron chi connectivity index (χ2n) is 5.81.